The molecule has 0 bridgehead atoms. The molecule has 17 heavy (non-hydrogen) atoms. The highest BCUT2D eigenvalue weighted by atomic mass is 19.3. The number of alkyl halides is 4. The maximum absolute atomic E-state index is 12.9. The molecule has 8 heteroatoms. The minimum Gasteiger partial charge on any atom is -0.355 e. The van der Waals surface area contributed by atoms with Gasteiger partial charge in [0.15, 0.2) is 0 Å². The maximum atomic E-state index is 12.9. The van der Waals surface area contributed by atoms with Crippen LogP contribution in [0.1, 0.15) is 16.1 Å². The highest BCUT2D eigenvalue weighted by molar-refractivity contribution is 5.93. The Labute approximate surface area is 92.6 Å². The van der Waals surface area contributed by atoms with E-state index in [0.717, 1.165) is 6.07 Å². The van der Waals surface area contributed by atoms with Gasteiger partial charge in [0.2, 0.25) is 0 Å². The van der Waals surface area contributed by atoms with Crippen LogP contribution in [0.15, 0.2) is 16.9 Å². The number of rotatable bonds is 3. The van der Waals surface area contributed by atoms with Gasteiger partial charge in [-0.1, -0.05) is 0 Å². The fraction of sp³-hybridized carbons (Fsp3) is 0.333. The van der Waals surface area contributed by atoms with Crippen molar-refractivity contribution in [3.05, 3.63) is 33.7 Å². The van der Waals surface area contributed by atoms with E-state index in [4.69, 9.17) is 0 Å². The number of nitrogens with one attached hydrogen (secondary N) is 2. The molecule has 0 aliphatic heterocycles. The lowest BCUT2D eigenvalue weighted by Crippen LogP contribution is -2.31. The fourth-order valence-corrected chi connectivity index (χ4v) is 1.10. The molecule has 94 valence electrons. The topological polar surface area (TPSA) is 62.0 Å². The first-order chi connectivity index (χ1) is 7.80. The Kier molecular flexibility index (Phi) is 3.54. The molecule has 1 heterocycles. The number of aromatic amines is 1. The van der Waals surface area contributed by atoms with Gasteiger partial charge in [-0.2, -0.15) is 8.78 Å². The second-order valence-corrected chi connectivity index (χ2v) is 3.12. The average molecular weight is 252 g/mol. The molecule has 0 saturated heterocycles. The molecule has 1 aromatic heterocycles. The predicted octanol–water partition coefficient (Wildman–Crippen LogP) is 1.09. The van der Waals surface area contributed by atoms with Gasteiger partial charge in [0.05, 0.1) is 5.69 Å². The normalized spacial score (nSPS) is 11.6. The van der Waals surface area contributed by atoms with E-state index < -0.39 is 35.1 Å². The van der Waals surface area contributed by atoms with Crippen LogP contribution in [0.4, 0.5) is 17.6 Å². The number of halogens is 4. The van der Waals surface area contributed by atoms with Crippen molar-refractivity contribution in [2.75, 3.05) is 7.05 Å². The Balaban J connectivity index is 3.22. The van der Waals surface area contributed by atoms with Crippen molar-refractivity contribution in [2.24, 2.45) is 0 Å². The van der Waals surface area contributed by atoms with E-state index in [-0.39, 0.29) is 0 Å². The molecule has 1 amide bonds. The summed E-state index contributed by atoms with van der Waals surface area (Å²) in [5.41, 5.74) is -2.81. The summed E-state index contributed by atoms with van der Waals surface area (Å²) in [7, 11) is 1.24. The first-order valence-corrected chi connectivity index (χ1v) is 4.42. The molecule has 0 saturated carbocycles. The van der Waals surface area contributed by atoms with Crippen molar-refractivity contribution >= 4 is 5.91 Å². The van der Waals surface area contributed by atoms with Crippen LogP contribution in [-0.4, -0.2) is 24.4 Å². The quantitative estimate of drug-likeness (QED) is 0.791. The van der Waals surface area contributed by atoms with Crippen LogP contribution in [0, 0.1) is 0 Å². The number of hydrogen-bond donors (Lipinski definition) is 2. The third kappa shape index (κ3) is 2.45. The summed E-state index contributed by atoms with van der Waals surface area (Å²) in [4.78, 5) is 23.8. The second-order valence-electron chi connectivity index (χ2n) is 3.12. The molecule has 0 unspecified atom stereocenters. The Hall–Kier alpha value is -1.86. The minimum absolute atomic E-state index is 0.429. The molecule has 1 aromatic rings. The number of amides is 1. The Morgan fingerprint density at radius 3 is 2.41 bits per heavy atom. The number of carbonyl (C=O) groups excluding carboxylic acids is 1. The molecule has 0 atom stereocenters. The zero-order valence-corrected chi connectivity index (χ0v) is 8.56. The van der Waals surface area contributed by atoms with E-state index in [9.17, 15) is 27.2 Å². The fourth-order valence-electron chi connectivity index (χ4n) is 1.10. The van der Waals surface area contributed by atoms with Gasteiger partial charge >= 0.3 is 12.3 Å². The van der Waals surface area contributed by atoms with Crippen LogP contribution in [-0.2, 0) is 5.92 Å². The molecule has 0 radical (unpaired) electrons. The highest BCUT2D eigenvalue weighted by Gasteiger charge is 2.43. The van der Waals surface area contributed by atoms with Crippen molar-refractivity contribution in [2.45, 2.75) is 12.3 Å². The molecule has 1 rings (SSSR count). The average Bonchev–Trinajstić information content (AvgIpc) is 2.27. The van der Waals surface area contributed by atoms with Gasteiger partial charge in [0.25, 0.3) is 11.5 Å². The van der Waals surface area contributed by atoms with E-state index in [1.165, 1.54) is 7.05 Å². The SMILES string of the molecule is CNC(=O)c1ccc(C(F)(F)C(F)F)[nH]c1=O. The molecule has 0 aliphatic carbocycles. The minimum atomic E-state index is -4.46. The lowest BCUT2D eigenvalue weighted by Gasteiger charge is -2.15. The van der Waals surface area contributed by atoms with Gasteiger partial charge in [0.1, 0.15) is 5.56 Å². The first-order valence-electron chi connectivity index (χ1n) is 4.42. The van der Waals surface area contributed by atoms with Gasteiger partial charge in [-0.25, -0.2) is 8.78 Å². The number of hydrogen-bond acceptors (Lipinski definition) is 2. The van der Waals surface area contributed by atoms with Crippen LogP contribution in [0.3, 0.4) is 0 Å². The maximum Gasteiger partial charge on any atom is 0.346 e. The predicted molar refractivity (Wildman–Crippen MR) is 50.4 cm³/mol. The van der Waals surface area contributed by atoms with E-state index in [1.807, 2.05) is 0 Å². The lowest BCUT2D eigenvalue weighted by atomic mass is 10.2. The first kappa shape index (κ1) is 13.2. The third-order valence-corrected chi connectivity index (χ3v) is 2.01. The van der Waals surface area contributed by atoms with Gasteiger partial charge < -0.3 is 10.3 Å². The van der Waals surface area contributed by atoms with Crippen molar-refractivity contribution in [3.8, 4) is 0 Å². The largest absolute Gasteiger partial charge is 0.355 e. The third-order valence-electron chi connectivity index (χ3n) is 2.01. The summed E-state index contributed by atoms with van der Waals surface area (Å²) >= 11 is 0. The molecule has 0 fully saturated rings. The Bertz CT molecular complexity index is 484. The monoisotopic (exact) mass is 252 g/mol. The van der Waals surface area contributed by atoms with E-state index in [1.54, 1.807) is 4.98 Å². The lowest BCUT2D eigenvalue weighted by molar-refractivity contribution is -0.138. The van der Waals surface area contributed by atoms with E-state index in [2.05, 4.69) is 5.32 Å². The summed E-state index contributed by atoms with van der Waals surface area (Å²) in [6.45, 7) is 0. The van der Waals surface area contributed by atoms with Crippen molar-refractivity contribution < 1.29 is 22.4 Å². The molecule has 0 aromatic carbocycles. The molecule has 2 N–H and O–H groups in total. The van der Waals surface area contributed by atoms with Crippen LogP contribution < -0.4 is 10.9 Å². The number of aromatic nitrogens is 1. The van der Waals surface area contributed by atoms with Gasteiger partial charge in [-0.15, -0.1) is 0 Å². The molecule has 0 aliphatic rings. The van der Waals surface area contributed by atoms with Crippen molar-refractivity contribution in [1.82, 2.24) is 10.3 Å². The van der Waals surface area contributed by atoms with Crippen LogP contribution in [0.25, 0.3) is 0 Å². The van der Waals surface area contributed by atoms with Crippen LogP contribution in [0.2, 0.25) is 0 Å². The summed E-state index contributed by atoms with van der Waals surface area (Å²) < 4.78 is 49.7. The second kappa shape index (κ2) is 4.56. The zero-order chi connectivity index (χ0) is 13.2. The van der Waals surface area contributed by atoms with Crippen LogP contribution in [0.5, 0.6) is 0 Å². The molecular formula is C9H8F4N2O2. The van der Waals surface area contributed by atoms with Crippen molar-refractivity contribution in [3.63, 3.8) is 0 Å². The van der Waals surface area contributed by atoms with Crippen LogP contribution >= 0.6 is 0 Å². The number of H-pyrrole nitrogens is 1. The standard InChI is InChI=1S/C9H8F4N2O2/c1-14-6(16)4-2-3-5(15-7(4)17)9(12,13)8(10)11/h2-3,8H,1H3,(H,14,16)(H,15,17). The summed E-state index contributed by atoms with van der Waals surface area (Å²) in [5.74, 6) is -5.25. The van der Waals surface area contributed by atoms with Crippen molar-refractivity contribution in [1.29, 1.82) is 0 Å². The number of pyridine rings is 1. The molecule has 4 nitrogen and oxygen atoms in total. The smallest absolute Gasteiger partial charge is 0.346 e. The molecule has 0 spiro atoms. The summed E-state index contributed by atoms with van der Waals surface area (Å²) in [6.07, 6.45) is -3.94. The van der Waals surface area contributed by atoms with Gasteiger partial charge in [-0.05, 0) is 12.1 Å². The summed E-state index contributed by atoms with van der Waals surface area (Å²) in [5, 5.41) is 2.11. The molecular weight excluding hydrogens is 244 g/mol. The van der Waals surface area contributed by atoms with E-state index in [0.29, 0.717) is 6.07 Å². The van der Waals surface area contributed by atoms with Gasteiger partial charge in [-0.3, -0.25) is 9.59 Å². The van der Waals surface area contributed by atoms with Gasteiger partial charge in [0, 0.05) is 7.05 Å². The summed E-state index contributed by atoms with van der Waals surface area (Å²) in [6, 6.07) is 1.35. The zero-order valence-electron chi connectivity index (χ0n) is 8.56. The van der Waals surface area contributed by atoms with E-state index >= 15 is 0 Å². The Morgan fingerprint density at radius 1 is 1.41 bits per heavy atom. The Morgan fingerprint density at radius 2 is 2.00 bits per heavy atom. The highest BCUT2D eigenvalue weighted by Crippen LogP contribution is 2.32. The number of carbonyl (C=O) groups is 1.